The molecule has 0 saturated heterocycles. The topological polar surface area (TPSA) is 54.4 Å². The highest BCUT2D eigenvalue weighted by atomic mass is 19.1. The van der Waals surface area contributed by atoms with E-state index >= 15 is 0 Å². The van der Waals surface area contributed by atoms with Gasteiger partial charge in [-0.05, 0) is 30.2 Å². The molecule has 0 aliphatic heterocycles. The number of carbonyl (C=O) groups is 2. The predicted octanol–water partition coefficient (Wildman–Crippen LogP) is 3.96. The van der Waals surface area contributed by atoms with Crippen LogP contribution in [0.15, 0.2) is 60.2 Å². The molecule has 112 valence electrons. The zero-order valence-electron chi connectivity index (χ0n) is 11.8. The van der Waals surface area contributed by atoms with Crippen LogP contribution in [0.1, 0.15) is 28.8 Å². The predicted molar refractivity (Wildman–Crippen MR) is 82.0 cm³/mol. The molecule has 0 heterocycles. The molecule has 0 amide bonds. The Bertz CT molecular complexity index is 688. The number of hydrogen-bond donors (Lipinski definition) is 1. The number of benzene rings is 2. The molecule has 22 heavy (non-hydrogen) atoms. The van der Waals surface area contributed by atoms with E-state index in [0.29, 0.717) is 16.7 Å². The maximum absolute atomic E-state index is 12.9. The monoisotopic (exact) mass is 298 g/mol. The number of hydrogen-bond acceptors (Lipinski definition) is 2. The smallest absolute Gasteiger partial charge is 0.303 e. The van der Waals surface area contributed by atoms with Gasteiger partial charge in [0.15, 0.2) is 5.78 Å². The molecule has 0 aliphatic carbocycles. The lowest BCUT2D eigenvalue weighted by molar-refractivity contribution is -0.136. The van der Waals surface area contributed by atoms with Crippen molar-refractivity contribution in [1.82, 2.24) is 0 Å². The molecule has 0 radical (unpaired) electrons. The van der Waals surface area contributed by atoms with Gasteiger partial charge in [-0.2, -0.15) is 0 Å². The van der Waals surface area contributed by atoms with Crippen LogP contribution in [-0.2, 0) is 4.79 Å². The van der Waals surface area contributed by atoms with Crippen LogP contribution in [0, 0.1) is 5.82 Å². The van der Waals surface area contributed by atoms with Crippen LogP contribution in [0.4, 0.5) is 4.39 Å². The first-order valence-corrected chi connectivity index (χ1v) is 6.84. The molecule has 4 heteroatoms. The fourth-order valence-corrected chi connectivity index (χ4v) is 2.03. The molecule has 0 atom stereocenters. The summed E-state index contributed by atoms with van der Waals surface area (Å²) in [6.07, 6.45) is 1.60. The van der Waals surface area contributed by atoms with Crippen molar-refractivity contribution in [3.05, 3.63) is 77.1 Å². The Labute approximate surface area is 127 Å². The average Bonchev–Trinajstić information content (AvgIpc) is 2.53. The van der Waals surface area contributed by atoms with Crippen LogP contribution in [0.3, 0.4) is 0 Å². The van der Waals surface area contributed by atoms with Gasteiger partial charge in [0.05, 0.1) is 0 Å². The Morgan fingerprint density at radius 2 is 1.59 bits per heavy atom. The maximum atomic E-state index is 12.9. The molecule has 0 unspecified atom stereocenters. The highest BCUT2D eigenvalue weighted by Gasteiger charge is 2.13. The molecule has 0 aliphatic rings. The van der Waals surface area contributed by atoms with Crippen molar-refractivity contribution in [2.24, 2.45) is 0 Å². The van der Waals surface area contributed by atoms with Crippen LogP contribution in [0.2, 0.25) is 0 Å². The number of rotatable bonds is 6. The fraction of sp³-hybridized carbons (Fsp3) is 0.111. The molecular weight excluding hydrogens is 283 g/mol. The minimum absolute atomic E-state index is 0.125. The van der Waals surface area contributed by atoms with E-state index in [-0.39, 0.29) is 24.4 Å². The molecule has 0 spiro atoms. The van der Waals surface area contributed by atoms with Crippen LogP contribution in [0.5, 0.6) is 0 Å². The minimum Gasteiger partial charge on any atom is -0.481 e. The van der Waals surface area contributed by atoms with Gasteiger partial charge < -0.3 is 5.11 Å². The fourth-order valence-electron chi connectivity index (χ4n) is 2.03. The van der Waals surface area contributed by atoms with E-state index in [1.54, 1.807) is 48.5 Å². The lowest BCUT2D eigenvalue weighted by atomic mass is 9.97. The van der Waals surface area contributed by atoms with E-state index in [0.717, 1.165) is 0 Å². The van der Waals surface area contributed by atoms with Gasteiger partial charge in [0.25, 0.3) is 0 Å². The molecule has 0 saturated carbocycles. The SMILES string of the molecule is O=C(O)CCC(=Cc1ccc(F)cc1)C(=O)c1ccccc1. The van der Waals surface area contributed by atoms with Gasteiger partial charge in [0, 0.05) is 17.6 Å². The lowest BCUT2D eigenvalue weighted by Gasteiger charge is -2.06. The van der Waals surface area contributed by atoms with Crippen LogP contribution < -0.4 is 0 Å². The highest BCUT2D eigenvalue weighted by molar-refractivity contribution is 6.11. The molecule has 2 rings (SSSR count). The summed E-state index contributed by atoms with van der Waals surface area (Å²) < 4.78 is 12.9. The number of halogens is 1. The van der Waals surface area contributed by atoms with Gasteiger partial charge in [-0.3, -0.25) is 9.59 Å². The summed E-state index contributed by atoms with van der Waals surface area (Å²) in [4.78, 5) is 23.3. The summed E-state index contributed by atoms with van der Waals surface area (Å²) in [5, 5.41) is 8.83. The van der Waals surface area contributed by atoms with E-state index in [9.17, 15) is 14.0 Å². The second-order valence-electron chi connectivity index (χ2n) is 4.81. The number of allylic oxidation sites excluding steroid dienone is 1. The maximum Gasteiger partial charge on any atom is 0.303 e. The summed E-state index contributed by atoms with van der Waals surface area (Å²) in [5.41, 5.74) is 1.55. The third-order valence-corrected chi connectivity index (χ3v) is 3.15. The number of carboxylic acid groups (broad SMARTS) is 1. The third-order valence-electron chi connectivity index (χ3n) is 3.15. The molecule has 1 N–H and O–H groups in total. The summed E-state index contributed by atoms with van der Waals surface area (Å²) in [7, 11) is 0. The summed E-state index contributed by atoms with van der Waals surface area (Å²) in [6, 6.07) is 14.4. The molecule has 0 bridgehead atoms. The van der Waals surface area contributed by atoms with E-state index in [1.807, 2.05) is 0 Å². The molecule has 0 aromatic heterocycles. The standard InChI is InChI=1S/C18H15FO3/c19-16-9-6-13(7-10-16)12-15(8-11-17(20)21)18(22)14-4-2-1-3-5-14/h1-7,9-10,12H,8,11H2,(H,20,21). The van der Waals surface area contributed by atoms with Crippen LogP contribution in [-0.4, -0.2) is 16.9 Å². The van der Waals surface area contributed by atoms with Gasteiger partial charge in [-0.15, -0.1) is 0 Å². The Hall–Kier alpha value is -2.75. The van der Waals surface area contributed by atoms with Crippen LogP contribution in [0.25, 0.3) is 6.08 Å². The van der Waals surface area contributed by atoms with Gasteiger partial charge in [-0.1, -0.05) is 42.5 Å². The van der Waals surface area contributed by atoms with E-state index in [4.69, 9.17) is 5.11 Å². The van der Waals surface area contributed by atoms with Crippen LogP contribution >= 0.6 is 0 Å². The Morgan fingerprint density at radius 3 is 2.18 bits per heavy atom. The Morgan fingerprint density at radius 1 is 0.955 bits per heavy atom. The number of aliphatic carboxylic acids is 1. The van der Waals surface area contributed by atoms with Crippen molar-refractivity contribution in [3.8, 4) is 0 Å². The Kier molecular flexibility index (Phi) is 5.20. The zero-order valence-corrected chi connectivity index (χ0v) is 11.8. The van der Waals surface area contributed by atoms with Gasteiger partial charge >= 0.3 is 5.97 Å². The van der Waals surface area contributed by atoms with Crippen molar-refractivity contribution in [1.29, 1.82) is 0 Å². The zero-order chi connectivity index (χ0) is 15.9. The largest absolute Gasteiger partial charge is 0.481 e. The summed E-state index contributed by atoms with van der Waals surface area (Å²) >= 11 is 0. The normalized spacial score (nSPS) is 11.2. The number of ketones is 1. The second kappa shape index (κ2) is 7.31. The summed E-state index contributed by atoms with van der Waals surface area (Å²) in [5.74, 6) is -1.55. The van der Waals surface area contributed by atoms with Gasteiger partial charge in [0.1, 0.15) is 5.82 Å². The van der Waals surface area contributed by atoms with Crippen molar-refractivity contribution < 1.29 is 19.1 Å². The average molecular weight is 298 g/mol. The highest BCUT2D eigenvalue weighted by Crippen LogP contribution is 2.18. The van der Waals surface area contributed by atoms with Gasteiger partial charge in [-0.25, -0.2) is 4.39 Å². The van der Waals surface area contributed by atoms with E-state index < -0.39 is 5.97 Å². The Balaban J connectivity index is 2.31. The minimum atomic E-state index is -0.967. The first kappa shape index (κ1) is 15.6. The van der Waals surface area contributed by atoms with Crippen molar-refractivity contribution >= 4 is 17.8 Å². The van der Waals surface area contributed by atoms with Crippen molar-refractivity contribution in [2.45, 2.75) is 12.8 Å². The summed E-state index contributed by atoms with van der Waals surface area (Å²) in [6.45, 7) is 0. The number of carbonyl (C=O) groups excluding carboxylic acids is 1. The third kappa shape index (κ3) is 4.38. The molecule has 2 aromatic rings. The first-order valence-electron chi connectivity index (χ1n) is 6.84. The number of carboxylic acids is 1. The number of Topliss-reactive ketones (excluding diaryl/α,β-unsaturated/α-hetero) is 1. The molecule has 0 fully saturated rings. The second-order valence-corrected chi connectivity index (χ2v) is 4.81. The molecular formula is C18H15FO3. The lowest BCUT2D eigenvalue weighted by Crippen LogP contribution is -2.06. The quantitative estimate of drug-likeness (QED) is 0.649. The van der Waals surface area contributed by atoms with E-state index in [1.165, 1.54) is 12.1 Å². The molecule has 2 aromatic carbocycles. The van der Waals surface area contributed by atoms with Crippen molar-refractivity contribution in [2.75, 3.05) is 0 Å². The first-order chi connectivity index (χ1) is 10.6. The van der Waals surface area contributed by atoms with Crippen molar-refractivity contribution in [3.63, 3.8) is 0 Å². The molecule has 3 nitrogen and oxygen atoms in total. The van der Waals surface area contributed by atoms with Gasteiger partial charge in [0.2, 0.25) is 0 Å². The van der Waals surface area contributed by atoms with E-state index in [2.05, 4.69) is 0 Å².